The average molecular weight is 658 g/mol. The molecule has 3 aromatic rings. The summed E-state index contributed by atoms with van der Waals surface area (Å²) in [4.78, 5) is 41.8. The van der Waals surface area contributed by atoms with Gasteiger partial charge in [0.1, 0.15) is 23.8 Å². The van der Waals surface area contributed by atoms with Gasteiger partial charge >= 0.3 is 5.97 Å². The smallest absolute Gasteiger partial charge is 0.308 e. The minimum atomic E-state index is -1.21. The van der Waals surface area contributed by atoms with Crippen LogP contribution in [0.15, 0.2) is 41.3 Å². The van der Waals surface area contributed by atoms with Crippen molar-refractivity contribution in [2.45, 2.75) is 79.1 Å². The van der Waals surface area contributed by atoms with Crippen LogP contribution in [0.2, 0.25) is 0 Å². The number of hydrogen-bond acceptors (Lipinski definition) is 5. The van der Waals surface area contributed by atoms with Crippen molar-refractivity contribution in [2.75, 3.05) is 26.2 Å². The maximum absolute atomic E-state index is 15.9. The number of nitrogens with one attached hydrogen (secondary N) is 1. The van der Waals surface area contributed by atoms with E-state index in [1.807, 2.05) is 18.7 Å². The van der Waals surface area contributed by atoms with Gasteiger partial charge in [-0.05, 0) is 110 Å². The second kappa shape index (κ2) is 15.3. The number of carbonyl (C=O) groups is 2. The van der Waals surface area contributed by atoms with E-state index in [1.165, 1.54) is 24.4 Å². The molecule has 1 N–H and O–H groups in total. The summed E-state index contributed by atoms with van der Waals surface area (Å²) in [7, 11) is 0. The standard InChI is InChI=1S/C36H43F4N3O4/c1-7-47-32(44)16-30(28-15-25(11-23(6)34(28)40)33-21(4)12-26(37)13-22(33)5)41-35(45)31(10-20(2)3)43-17-24(14-29(39)36(43)46)8-9-42-18-27(38)19-42/h11-15,17,20,27,30-31H,7-10,16,18-19H2,1-6H3,(H,41,45)/t30-,31?/m0/s1. The quantitative estimate of drug-likeness (QED) is 0.169. The van der Waals surface area contributed by atoms with E-state index in [0.29, 0.717) is 53.9 Å². The van der Waals surface area contributed by atoms with E-state index in [2.05, 4.69) is 5.32 Å². The monoisotopic (exact) mass is 657 g/mol. The summed E-state index contributed by atoms with van der Waals surface area (Å²) in [6.45, 7) is 11.5. The van der Waals surface area contributed by atoms with Crippen LogP contribution < -0.4 is 10.9 Å². The van der Waals surface area contributed by atoms with Crippen LogP contribution in [0.25, 0.3) is 11.1 Å². The van der Waals surface area contributed by atoms with Crippen molar-refractivity contribution in [3.05, 3.63) is 92.2 Å². The van der Waals surface area contributed by atoms with E-state index in [4.69, 9.17) is 4.74 Å². The van der Waals surface area contributed by atoms with Gasteiger partial charge in [0.2, 0.25) is 5.91 Å². The average Bonchev–Trinajstić information content (AvgIpc) is 2.96. The van der Waals surface area contributed by atoms with Crippen molar-refractivity contribution in [1.82, 2.24) is 14.8 Å². The van der Waals surface area contributed by atoms with Gasteiger partial charge in [-0.15, -0.1) is 0 Å². The maximum atomic E-state index is 15.9. The number of likely N-dealkylation sites (tertiary alicyclic amines) is 1. The van der Waals surface area contributed by atoms with Gasteiger partial charge in [0.25, 0.3) is 5.56 Å². The molecule has 1 aliphatic rings. The lowest BCUT2D eigenvalue weighted by Crippen LogP contribution is -2.49. The molecule has 1 aromatic heterocycles. The molecule has 1 unspecified atom stereocenters. The molecule has 2 heterocycles. The van der Waals surface area contributed by atoms with E-state index < -0.39 is 59.6 Å². The van der Waals surface area contributed by atoms with Crippen LogP contribution >= 0.6 is 0 Å². The van der Waals surface area contributed by atoms with Gasteiger partial charge < -0.3 is 14.6 Å². The highest BCUT2D eigenvalue weighted by atomic mass is 19.1. The van der Waals surface area contributed by atoms with Crippen LogP contribution in [0, 0.1) is 44.1 Å². The van der Waals surface area contributed by atoms with Gasteiger partial charge in [0, 0.05) is 31.4 Å². The number of pyridine rings is 1. The number of nitrogens with zero attached hydrogens (tertiary/aromatic N) is 2. The molecule has 11 heteroatoms. The van der Waals surface area contributed by atoms with Crippen LogP contribution in [-0.4, -0.2) is 53.8 Å². The molecule has 7 nitrogen and oxygen atoms in total. The summed E-state index contributed by atoms with van der Waals surface area (Å²) in [5, 5.41) is 2.78. The molecular weight excluding hydrogens is 614 g/mol. The molecule has 1 aliphatic heterocycles. The number of esters is 1. The predicted molar refractivity (Wildman–Crippen MR) is 172 cm³/mol. The molecule has 2 aromatic carbocycles. The fraction of sp³-hybridized carbons (Fsp3) is 0.472. The third kappa shape index (κ3) is 8.68. The summed E-state index contributed by atoms with van der Waals surface area (Å²) < 4.78 is 64.5. The zero-order valence-corrected chi connectivity index (χ0v) is 27.8. The van der Waals surface area contributed by atoms with Crippen LogP contribution in [0.1, 0.15) is 73.5 Å². The number of aryl methyl sites for hydroxylation is 3. The molecule has 1 saturated heterocycles. The Morgan fingerprint density at radius 1 is 1.00 bits per heavy atom. The first kappa shape index (κ1) is 35.9. The normalized spacial score (nSPS) is 15.0. The number of ether oxygens (including phenoxy) is 1. The first-order valence-corrected chi connectivity index (χ1v) is 16.0. The van der Waals surface area contributed by atoms with E-state index in [9.17, 15) is 27.6 Å². The Kier molecular flexibility index (Phi) is 11.7. The fourth-order valence-electron chi connectivity index (χ4n) is 6.21. The van der Waals surface area contributed by atoms with Crippen LogP contribution in [-0.2, 0) is 20.7 Å². The third-order valence-corrected chi connectivity index (χ3v) is 8.46. The molecular formula is C36H43F4N3O4. The Hall–Kier alpha value is -3.99. The third-order valence-electron chi connectivity index (χ3n) is 8.46. The van der Waals surface area contributed by atoms with Crippen molar-refractivity contribution < 1.29 is 31.9 Å². The van der Waals surface area contributed by atoms with Crippen molar-refractivity contribution in [3.63, 3.8) is 0 Å². The van der Waals surface area contributed by atoms with Crippen LogP contribution in [0.3, 0.4) is 0 Å². The molecule has 0 bridgehead atoms. The number of benzene rings is 2. The Morgan fingerprint density at radius 2 is 1.66 bits per heavy atom. The molecule has 0 radical (unpaired) electrons. The lowest BCUT2D eigenvalue weighted by molar-refractivity contribution is -0.144. The van der Waals surface area contributed by atoms with Gasteiger partial charge in [-0.1, -0.05) is 13.8 Å². The number of carbonyl (C=O) groups excluding carboxylic acids is 2. The zero-order chi connectivity index (χ0) is 34.6. The summed E-state index contributed by atoms with van der Waals surface area (Å²) in [6.07, 6.45) is 0.623. The second-order valence-corrected chi connectivity index (χ2v) is 12.8. The van der Waals surface area contributed by atoms with Crippen molar-refractivity contribution >= 4 is 11.9 Å². The lowest BCUT2D eigenvalue weighted by atomic mass is 9.90. The fourth-order valence-corrected chi connectivity index (χ4v) is 6.21. The highest BCUT2D eigenvalue weighted by Crippen LogP contribution is 2.34. The highest BCUT2D eigenvalue weighted by molar-refractivity contribution is 5.82. The molecule has 4 rings (SSSR count). The minimum absolute atomic E-state index is 0.0146. The SMILES string of the molecule is CCOC(=O)C[C@H](NC(=O)C(CC(C)C)n1cc(CCN2CC(F)C2)cc(F)c1=O)c1cc(-c2c(C)cc(F)cc2C)cc(C)c1F. The minimum Gasteiger partial charge on any atom is -0.466 e. The van der Waals surface area contributed by atoms with Crippen LogP contribution in [0.5, 0.6) is 0 Å². The molecule has 2 atom stereocenters. The van der Waals surface area contributed by atoms with Gasteiger partial charge in [-0.2, -0.15) is 0 Å². The van der Waals surface area contributed by atoms with Crippen molar-refractivity contribution in [3.8, 4) is 11.1 Å². The number of halogens is 4. The number of amides is 1. The van der Waals surface area contributed by atoms with Gasteiger partial charge in [0.05, 0.1) is 19.1 Å². The summed E-state index contributed by atoms with van der Waals surface area (Å²) in [6, 6.07) is 4.64. The molecule has 254 valence electrons. The summed E-state index contributed by atoms with van der Waals surface area (Å²) in [5.74, 6) is -3.57. The second-order valence-electron chi connectivity index (χ2n) is 12.8. The summed E-state index contributed by atoms with van der Waals surface area (Å²) in [5.41, 5.74) is 2.25. The topological polar surface area (TPSA) is 80.6 Å². The number of alkyl halides is 1. The van der Waals surface area contributed by atoms with Gasteiger partial charge in [-0.3, -0.25) is 19.3 Å². The van der Waals surface area contributed by atoms with Gasteiger partial charge in [0.15, 0.2) is 5.82 Å². The number of hydrogen-bond donors (Lipinski definition) is 1. The first-order chi connectivity index (χ1) is 22.2. The number of aromatic nitrogens is 1. The molecule has 47 heavy (non-hydrogen) atoms. The zero-order valence-electron chi connectivity index (χ0n) is 27.8. The van der Waals surface area contributed by atoms with E-state index in [0.717, 1.165) is 10.6 Å². The van der Waals surface area contributed by atoms with E-state index >= 15 is 4.39 Å². The van der Waals surface area contributed by atoms with Crippen LogP contribution in [0.4, 0.5) is 17.6 Å². The highest BCUT2D eigenvalue weighted by Gasteiger charge is 2.31. The van der Waals surface area contributed by atoms with Crippen molar-refractivity contribution in [1.29, 1.82) is 0 Å². The lowest BCUT2D eigenvalue weighted by Gasteiger charge is -2.34. The van der Waals surface area contributed by atoms with Crippen molar-refractivity contribution in [2.24, 2.45) is 5.92 Å². The maximum Gasteiger partial charge on any atom is 0.308 e. The molecule has 0 saturated carbocycles. The number of rotatable bonds is 13. The first-order valence-electron chi connectivity index (χ1n) is 16.0. The summed E-state index contributed by atoms with van der Waals surface area (Å²) >= 11 is 0. The molecule has 0 aliphatic carbocycles. The largest absolute Gasteiger partial charge is 0.466 e. The van der Waals surface area contributed by atoms with E-state index in [1.54, 1.807) is 33.8 Å². The Bertz CT molecular complexity index is 1660. The Balaban J connectivity index is 1.74. The Labute approximate surface area is 272 Å². The molecule has 1 fully saturated rings. The molecule has 1 amide bonds. The predicted octanol–water partition coefficient (Wildman–Crippen LogP) is 6.45. The van der Waals surface area contributed by atoms with Gasteiger partial charge in [-0.25, -0.2) is 17.6 Å². The molecule has 0 spiro atoms. The Morgan fingerprint density at radius 3 is 2.26 bits per heavy atom. The van der Waals surface area contributed by atoms with E-state index in [-0.39, 0.29) is 30.1 Å².